The van der Waals surface area contributed by atoms with E-state index in [9.17, 15) is 9.59 Å². The van der Waals surface area contributed by atoms with E-state index in [1.807, 2.05) is 0 Å². The first kappa shape index (κ1) is 12.5. The molecule has 0 aromatic rings. The zero-order valence-corrected chi connectivity index (χ0v) is 10.3. The lowest BCUT2D eigenvalue weighted by molar-refractivity contribution is -0.148. The first-order valence-electron chi connectivity index (χ1n) is 6.40. The van der Waals surface area contributed by atoms with Crippen LogP contribution >= 0.6 is 0 Å². The van der Waals surface area contributed by atoms with Crippen molar-refractivity contribution >= 4 is 11.8 Å². The highest BCUT2D eigenvalue weighted by atomic mass is 16.2. The maximum Gasteiger partial charge on any atom is 0.246 e. The number of amides is 2. The number of nitrogens with one attached hydrogen (secondary N) is 1. The number of carbonyl (C=O) groups excluding carboxylic acids is 2. The molecule has 2 aliphatic rings. The number of carbonyl (C=O) groups is 2. The zero-order valence-electron chi connectivity index (χ0n) is 10.3. The standard InChI is InChI=1S/C12H21N3O2/c1-15-11(16)6-5-10(12(15)17)14-9-4-2-3-8(9)7-13/h8-10,14H,2-7,13H2,1H3. The number of hydrogen-bond acceptors (Lipinski definition) is 4. The third-order valence-electron chi connectivity index (χ3n) is 4.03. The number of nitrogens with zero attached hydrogens (tertiary/aromatic N) is 1. The van der Waals surface area contributed by atoms with Crippen LogP contribution in [0.5, 0.6) is 0 Å². The molecule has 2 rings (SSSR count). The van der Waals surface area contributed by atoms with Crippen LogP contribution in [0.25, 0.3) is 0 Å². The predicted molar refractivity (Wildman–Crippen MR) is 64.1 cm³/mol. The van der Waals surface area contributed by atoms with E-state index in [0.29, 0.717) is 31.3 Å². The molecule has 5 nitrogen and oxygen atoms in total. The smallest absolute Gasteiger partial charge is 0.246 e. The number of rotatable bonds is 3. The van der Waals surface area contributed by atoms with Gasteiger partial charge in [0.15, 0.2) is 0 Å². The lowest BCUT2D eigenvalue weighted by Gasteiger charge is -2.32. The van der Waals surface area contributed by atoms with Gasteiger partial charge in [0.2, 0.25) is 11.8 Å². The summed E-state index contributed by atoms with van der Waals surface area (Å²) in [6.45, 7) is 0.674. The van der Waals surface area contributed by atoms with Crippen LogP contribution in [0, 0.1) is 5.92 Å². The topological polar surface area (TPSA) is 75.4 Å². The quantitative estimate of drug-likeness (QED) is 0.672. The van der Waals surface area contributed by atoms with Crippen LogP contribution in [0.1, 0.15) is 32.1 Å². The molecule has 1 aliphatic carbocycles. The van der Waals surface area contributed by atoms with E-state index in [1.165, 1.54) is 11.3 Å². The highest BCUT2D eigenvalue weighted by Gasteiger charge is 2.35. The Labute approximate surface area is 102 Å². The minimum absolute atomic E-state index is 0.0742. The molecular weight excluding hydrogens is 218 g/mol. The van der Waals surface area contributed by atoms with Gasteiger partial charge in [-0.3, -0.25) is 14.5 Å². The van der Waals surface area contributed by atoms with Gasteiger partial charge in [-0.15, -0.1) is 0 Å². The number of piperidine rings is 1. The Morgan fingerprint density at radius 3 is 2.82 bits per heavy atom. The maximum atomic E-state index is 11.9. The molecule has 2 fully saturated rings. The summed E-state index contributed by atoms with van der Waals surface area (Å²) in [5.74, 6) is 0.310. The largest absolute Gasteiger partial charge is 0.330 e. The van der Waals surface area contributed by atoms with E-state index in [0.717, 1.165) is 12.8 Å². The van der Waals surface area contributed by atoms with Gasteiger partial charge in [0.25, 0.3) is 0 Å². The van der Waals surface area contributed by atoms with Gasteiger partial charge in [-0.1, -0.05) is 6.42 Å². The number of imide groups is 1. The van der Waals surface area contributed by atoms with Crippen LogP contribution in [-0.4, -0.2) is 42.4 Å². The second-order valence-corrected chi connectivity index (χ2v) is 5.08. The summed E-state index contributed by atoms with van der Waals surface area (Å²) in [6, 6.07) is 0.144. The molecule has 1 saturated carbocycles. The van der Waals surface area contributed by atoms with Gasteiger partial charge in [0, 0.05) is 19.5 Å². The molecule has 1 saturated heterocycles. The fraction of sp³-hybridized carbons (Fsp3) is 0.833. The van der Waals surface area contributed by atoms with Crippen molar-refractivity contribution in [3.05, 3.63) is 0 Å². The maximum absolute atomic E-state index is 11.9. The zero-order chi connectivity index (χ0) is 12.4. The molecule has 2 amide bonds. The molecule has 0 aromatic heterocycles. The monoisotopic (exact) mass is 239 g/mol. The second kappa shape index (κ2) is 5.14. The number of likely N-dealkylation sites (tertiary alicyclic amines) is 1. The summed E-state index contributed by atoms with van der Waals surface area (Å²) in [4.78, 5) is 24.5. The van der Waals surface area contributed by atoms with E-state index >= 15 is 0 Å². The van der Waals surface area contributed by atoms with Gasteiger partial charge in [-0.05, 0) is 31.7 Å². The van der Waals surface area contributed by atoms with Crippen LogP contribution in [0.15, 0.2) is 0 Å². The minimum atomic E-state index is -0.199. The first-order chi connectivity index (χ1) is 8.13. The molecule has 1 heterocycles. The summed E-state index contributed by atoms with van der Waals surface area (Å²) in [6.07, 6.45) is 4.48. The molecule has 0 bridgehead atoms. The predicted octanol–water partition coefficient (Wildman–Crippen LogP) is -0.149. The van der Waals surface area contributed by atoms with Gasteiger partial charge in [-0.25, -0.2) is 0 Å². The first-order valence-corrected chi connectivity index (χ1v) is 6.40. The Morgan fingerprint density at radius 2 is 2.12 bits per heavy atom. The summed E-state index contributed by atoms with van der Waals surface area (Å²) in [5, 5.41) is 3.40. The van der Waals surface area contributed by atoms with Crippen molar-refractivity contribution in [3.8, 4) is 0 Å². The molecule has 0 aromatic carbocycles. The molecular formula is C12H21N3O2. The normalized spacial score (nSPS) is 34.5. The highest BCUT2D eigenvalue weighted by Crippen LogP contribution is 2.26. The molecule has 0 radical (unpaired) electrons. The molecule has 3 atom stereocenters. The summed E-state index contributed by atoms with van der Waals surface area (Å²) < 4.78 is 0. The highest BCUT2D eigenvalue weighted by molar-refractivity contribution is 6.00. The molecule has 3 N–H and O–H groups in total. The molecule has 5 heteroatoms. The molecule has 0 spiro atoms. The van der Waals surface area contributed by atoms with Crippen molar-refractivity contribution in [1.29, 1.82) is 0 Å². The van der Waals surface area contributed by atoms with Crippen molar-refractivity contribution in [2.75, 3.05) is 13.6 Å². The fourth-order valence-electron chi connectivity index (χ4n) is 2.87. The average Bonchev–Trinajstić information content (AvgIpc) is 2.77. The molecule has 3 unspecified atom stereocenters. The number of hydrogen-bond donors (Lipinski definition) is 2. The summed E-state index contributed by atoms with van der Waals surface area (Å²) >= 11 is 0. The van der Waals surface area contributed by atoms with E-state index in [-0.39, 0.29) is 17.9 Å². The average molecular weight is 239 g/mol. The molecule has 1 aliphatic heterocycles. The van der Waals surface area contributed by atoms with Crippen LogP contribution in [0.3, 0.4) is 0 Å². The Bertz CT molecular complexity index is 319. The van der Waals surface area contributed by atoms with Crippen molar-refractivity contribution in [1.82, 2.24) is 10.2 Å². The minimum Gasteiger partial charge on any atom is -0.330 e. The Kier molecular flexibility index (Phi) is 3.79. The summed E-state index contributed by atoms with van der Waals surface area (Å²) in [5.41, 5.74) is 5.72. The van der Waals surface area contributed by atoms with E-state index in [2.05, 4.69) is 5.32 Å². The van der Waals surface area contributed by atoms with Gasteiger partial charge < -0.3 is 11.1 Å². The van der Waals surface area contributed by atoms with Crippen LogP contribution in [0.4, 0.5) is 0 Å². The van der Waals surface area contributed by atoms with E-state index in [4.69, 9.17) is 5.73 Å². The lowest BCUT2D eigenvalue weighted by atomic mass is 9.99. The SMILES string of the molecule is CN1C(=O)CCC(NC2CCCC2CN)C1=O. The number of likely N-dealkylation sites (N-methyl/N-ethyl adjacent to an activating group) is 1. The third kappa shape index (κ3) is 2.50. The van der Waals surface area contributed by atoms with Crippen LogP contribution in [-0.2, 0) is 9.59 Å². The van der Waals surface area contributed by atoms with E-state index < -0.39 is 0 Å². The van der Waals surface area contributed by atoms with Gasteiger partial charge in [0.1, 0.15) is 0 Å². The van der Waals surface area contributed by atoms with Crippen molar-refractivity contribution in [2.24, 2.45) is 11.7 Å². The Balaban J connectivity index is 1.95. The molecule has 17 heavy (non-hydrogen) atoms. The number of nitrogens with two attached hydrogens (primary N) is 1. The molecule has 96 valence electrons. The Morgan fingerprint density at radius 1 is 1.35 bits per heavy atom. The second-order valence-electron chi connectivity index (χ2n) is 5.08. The Hall–Kier alpha value is -0.940. The van der Waals surface area contributed by atoms with Crippen LogP contribution in [0.2, 0.25) is 0 Å². The third-order valence-corrected chi connectivity index (χ3v) is 4.03. The lowest BCUT2D eigenvalue weighted by Crippen LogP contribution is -2.55. The van der Waals surface area contributed by atoms with E-state index in [1.54, 1.807) is 7.05 Å². The summed E-state index contributed by atoms with van der Waals surface area (Å²) in [7, 11) is 1.56. The van der Waals surface area contributed by atoms with Crippen molar-refractivity contribution in [3.63, 3.8) is 0 Å². The van der Waals surface area contributed by atoms with Gasteiger partial charge in [0.05, 0.1) is 6.04 Å². The fourth-order valence-corrected chi connectivity index (χ4v) is 2.87. The van der Waals surface area contributed by atoms with Gasteiger partial charge >= 0.3 is 0 Å². The van der Waals surface area contributed by atoms with Crippen LogP contribution < -0.4 is 11.1 Å². The van der Waals surface area contributed by atoms with Crippen molar-refractivity contribution in [2.45, 2.75) is 44.2 Å². The van der Waals surface area contributed by atoms with Crippen molar-refractivity contribution < 1.29 is 9.59 Å². The van der Waals surface area contributed by atoms with Gasteiger partial charge in [-0.2, -0.15) is 0 Å².